The Labute approximate surface area is 202 Å². The van der Waals surface area contributed by atoms with Gasteiger partial charge in [-0.25, -0.2) is 0 Å². The fourth-order valence-corrected chi connectivity index (χ4v) is 3.24. The summed E-state index contributed by atoms with van der Waals surface area (Å²) in [4.78, 5) is 35.0. The Morgan fingerprint density at radius 3 is 1.74 bits per heavy atom. The summed E-state index contributed by atoms with van der Waals surface area (Å²) in [6.45, 7) is 6.35. The molecule has 2 amide bonds. The number of thiocarbonyl (C=S) groups is 1. The molecule has 174 valence electrons. The summed E-state index contributed by atoms with van der Waals surface area (Å²) in [5, 5.41) is 19.0. The largest absolute Gasteiger partial charge is 0.332 e. The number of rotatable bonds is 5. The zero-order valence-corrected chi connectivity index (χ0v) is 19.7. The van der Waals surface area contributed by atoms with Crippen LogP contribution in [0, 0.1) is 10.1 Å². The number of nitro benzene ring substituents is 1. The summed E-state index contributed by atoms with van der Waals surface area (Å²) in [5.74, 6) is -0.708. The van der Waals surface area contributed by atoms with Crippen LogP contribution in [0.1, 0.15) is 47.1 Å². The molecule has 8 nitrogen and oxygen atoms in total. The van der Waals surface area contributed by atoms with Gasteiger partial charge in [0.15, 0.2) is 5.11 Å². The number of carbonyl (C=O) groups excluding carboxylic acids is 2. The number of hydrogen-bond acceptors (Lipinski definition) is 5. The van der Waals surface area contributed by atoms with E-state index >= 15 is 0 Å². The Morgan fingerprint density at radius 2 is 1.24 bits per heavy atom. The molecule has 0 aliphatic carbocycles. The van der Waals surface area contributed by atoms with E-state index in [0.717, 1.165) is 5.56 Å². The molecule has 3 N–H and O–H groups in total. The number of hydrogen-bond donors (Lipinski definition) is 3. The molecule has 3 rings (SSSR count). The molecule has 0 aromatic heterocycles. The van der Waals surface area contributed by atoms with Gasteiger partial charge in [0, 0.05) is 34.6 Å². The number of amides is 2. The Kier molecular flexibility index (Phi) is 7.37. The molecule has 9 heteroatoms. The molecule has 0 heterocycles. The van der Waals surface area contributed by atoms with Crippen molar-refractivity contribution in [2.45, 2.75) is 26.2 Å². The quantitative estimate of drug-likeness (QED) is 0.263. The van der Waals surface area contributed by atoms with Crippen LogP contribution in [-0.4, -0.2) is 21.9 Å². The molecule has 3 aromatic rings. The number of anilines is 2. The van der Waals surface area contributed by atoms with Gasteiger partial charge in [-0.1, -0.05) is 32.9 Å². The molecule has 34 heavy (non-hydrogen) atoms. The second-order valence-corrected chi connectivity index (χ2v) is 8.98. The first kappa shape index (κ1) is 24.5. The second kappa shape index (κ2) is 10.2. The van der Waals surface area contributed by atoms with Gasteiger partial charge in [0.1, 0.15) is 0 Å². The number of nitrogens with zero attached hydrogens (tertiary/aromatic N) is 1. The third-order valence-corrected chi connectivity index (χ3v) is 5.19. The van der Waals surface area contributed by atoms with Gasteiger partial charge in [-0.05, 0) is 71.7 Å². The van der Waals surface area contributed by atoms with Crippen LogP contribution in [-0.2, 0) is 5.41 Å². The molecule has 3 aromatic carbocycles. The topological polar surface area (TPSA) is 113 Å². The second-order valence-electron chi connectivity index (χ2n) is 8.57. The number of nitrogens with one attached hydrogen (secondary N) is 3. The molecule has 0 spiro atoms. The van der Waals surface area contributed by atoms with Gasteiger partial charge in [0.05, 0.1) is 4.92 Å². The highest BCUT2D eigenvalue weighted by atomic mass is 32.1. The van der Waals surface area contributed by atoms with Crippen LogP contribution >= 0.6 is 12.2 Å². The van der Waals surface area contributed by atoms with Gasteiger partial charge in [-0.2, -0.15) is 0 Å². The van der Waals surface area contributed by atoms with Crippen molar-refractivity contribution < 1.29 is 14.5 Å². The van der Waals surface area contributed by atoms with Gasteiger partial charge in [-0.15, -0.1) is 0 Å². The average molecular weight is 477 g/mol. The van der Waals surface area contributed by atoms with Gasteiger partial charge < -0.3 is 10.6 Å². The fraction of sp³-hybridized carbons (Fsp3) is 0.160. The maximum atomic E-state index is 12.5. The van der Waals surface area contributed by atoms with Gasteiger partial charge in [0.2, 0.25) is 0 Å². The first-order chi connectivity index (χ1) is 16.0. The molecular formula is C25H24N4O4S. The minimum Gasteiger partial charge on any atom is -0.332 e. The Bertz CT molecular complexity index is 1220. The van der Waals surface area contributed by atoms with E-state index < -0.39 is 10.8 Å². The van der Waals surface area contributed by atoms with Crippen molar-refractivity contribution in [1.29, 1.82) is 0 Å². The summed E-state index contributed by atoms with van der Waals surface area (Å²) >= 11 is 5.16. The number of carbonyl (C=O) groups is 2. The van der Waals surface area contributed by atoms with Crippen molar-refractivity contribution in [1.82, 2.24) is 5.32 Å². The molecule has 0 bridgehead atoms. The molecule has 0 saturated heterocycles. The number of nitro groups is 1. The van der Waals surface area contributed by atoms with Crippen molar-refractivity contribution in [3.05, 3.63) is 99.6 Å². The lowest BCUT2D eigenvalue weighted by atomic mass is 9.87. The predicted molar refractivity (Wildman–Crippen MR) is 136 cm³/mol. The fourth-order valence-electron chi connectivity index (χ4n) is 3.03. The van der Waals surface area contributed by atoms with E-state index in [-0.39, 0.29) is 27.7 Å². The molecule has 0 atom stereocenters. The molecule has 0 radical (unpaired) electrons. The van der Waals surface area contributed by atoms with Crippen molar-refractivity contribution in [2.75, 3.05) is 10.6 Å². The lowest BCUT2D eigenvalue weighted by Crippen LogP contribution is -2.34. The summed E-state index contributed by atoms with van der Waals surface area (Å²) in [5.41, 5.74) is 3.08. The van der Waals surface area contributed by atoms with E-state index in [2.05, 4.69) is 36.7 Å². The lowest BCUT2D eigenvalue weighted by Gasteiger charge is -2.19. The van der Waals surface area contributed by atoms with Crippen LogP contribution in [0.5, 0.6) is 0 Å². The molecule has 0 fully saturated rings. The van der Waals surface area contributed by atoms with Gasteiger partial charge >= 0.3 is 0 Å². The van der Waals surface area contributed by atoms with E-state index in [1.165, 1.54) is 24.3 Å². The molecule has 0 unspecified atom stereocenters. The van der Waals surface area contributed by atoms with E-state index in [4.69, 9.17) is 12.2 Å². The monoisotopic (exact) mass is 476 g/mol. The van der Waals surface area contributed by atoms with Crippen molar-refractivity contribution in [3.8, 4) is 0 Å². The van der Waals surface area contributed by atoms with Crippen LogP contribution in [0.3, 0.4) is 0 Å². The normalized spacial score (nSPS) is 10.8. The third-order valence-electron chi connectivity index (χ3n) is 4.98. The predicted octanol–water partition coefficient (Wildman–Crippen LogP) is 5.27. The average Bonchev–Trinajstić information content (AvgIpc) is 2.79. The molecule has 0 saturated carbocycles. The van der Waals surface area contributed by atoms with Crippen molar-refractivity contribution >= 4 is 46.2 Å². The number of benzene rings is 3. The SMILES string of the molecule is CC(C)(C)c1ccc(C(=O)Nc2ccc(NC(=S)NC(=O)c3ccc([N+](=O)[O-])cc3)cc2)cc1. The van der Waals surface area contributed by atoms with Crippen LogP contribution in [0.25, 0.3) is 0 Å². The zero-order valence-electron chi connectivity index (χ0n) is 18.9. The van der Waals surface area contributed by atoms with Crippen LogP contribution in [0.15, 0.2) is 72.8 Å². The minimum atomic E-state index is -0.539. The van der Waals surface area contributed by atoms with Crippen LogP contribution < -0.4 is 16.0 Å². The zero-order chi connectivity index (χ0) is 24.9. The van der Waals surface area contributed by atoms with E-state index in [0.29, 0.717) is 16.9 Å². The summed E-state index contributed by atoms with van der Waals surface area (Å²) in [7, 11) is 0. The lowest BCUT2D eigenvalue weighted by molar-refractivity contribution is -0.384. The first-order valence-electron chi connectivity index (χ1n) is 10.4. The Morgan fingerprint density at radius 1 is 0.765 bits per heavy atom. The Hall–Kier alpha value is -4.11. The maximum Gasteiger partial charge on any atom is 0.269 e. The highest BCUT2D eigenvalue weighted by molar-refractivity contribution is 7.80. The smallest absolute Gasteiger partial charge is 0.269 e. The summed E-state index contributed by atoms with van der Waals surface area (Å²) in [6, 6.07) is 19.6. The maximum absolute atomic E-state index is 12.5. The minimum absolute atomic E-state index is 0.0136. The van der Waals surface area contributed by atoms with Gasteiger partial charge in [-0.3, -0.25) is 25.0 Å². The molecular weight excluding hydrogens is 452 g/mol. The van der Waals surface area contributed by atoms with Crippen LogP contribution in [0.2, 0.25) is 0 Å². The van der Waals surface area contributed by atoms with Gasteiger partial charge in [0.25, 0.3) is 17.5 Å². The van der Waals surface area contributed by atoms with E-state index in [1.807, 2.05) is 12.1 Å². The summed E-state index contributed by atoms with van der Waals surface area (Å²) in [6.07, 6.45) is 0. The third kappa shape index (κ3) is 6.46. The number of non-ortho nitro benzene ring substituents is 1. The highest BCUT2D eigenvalue weighted by Crippen LogP contribution is 2.22. The van der Waals surface area contributed by atoms with Crippen molar-refractivity contribution in [2.24, 2.45) is 0 Å². The van der Waals surface area contributed by atoms with Crippen LogP contribution in [0.4, 0.5) is 17.1 Å². The van der Waals surface area contributed by atoms with E-state index in [9.17, 15) is 19.7 Å². The van der Waals surface area contributed by atoms with Crippen molar-refractivity contribution in [3.63, 3.8) is 0 Å². The van der Waals surface area contributed by atoms with E-state index in [1.54, 1.807) is 36.4 Å². The molecule has 0 aliphatic heterocycles. The highest BCUT2D eigenvalue weighted by Gasteiger charge is 2.15. The summed E-state index contributed by atoms with van der Waals surface area (Å²) < 4.78 is 0. The Balaban J connectivity index is 1.54. The molecule has 0 aliphatic rings. The standard InChI is InChI=1S/C25H24N4O4S/c1-25(2,3)18-8-4-16(5-9-18)22(30)26-19-10-12-20(13-11-19)27-24(34)28-23(31)17-6-14-21(15-7-17)29(32)33/h4-15H,1-3H3,(H,26,30)(H2,27,28,31,34). The first-order valence-corrected chi connectivity index (χ1v) is 10.8.